The first-order chi connectivity index (χ1) is 10.6. The summed E-state index contributed by atoms with van der Waals surface area (Å²) in [6.45, 7) is 7.21. The van der Waals surface area contributed by atoms with Gasteiger partial charge in [0.2, 0.25) is 5.91 Å². The van der Waals surface area contributed by atoms with E-state index in [-0.39, 0.29) is 5.91 Å². The zero-order valence-electron chi connectivity index (χ0n) is 13.8. The molecule has 1 aromatic heterocycles. The largest absolute Gasteiger partial charge is 0.361 e. The third-order valence-corrected chi connectivity index (χ3v) is 4.90. The Morgan fingerprint density at radius 1 is 1.32 bits per heavy atom. The van der Waals surface area contributed by atoms with Gasteiger partial charge < -0.3 is 16.0 Å². The number of carbonyl (C=O) groups is 1. The van der Waals surface area contributed by atoms with E-state index >= 15 is 0 Å². The van der Waals surface area contributed by atoms with Crippen LogP contribution in [0.5, 0.6) is 0 Å². The van der Waals surface area contributed by atoms with Crippen molar-refractivity contribution in [2.24, 2.45) is 11.1 Å². The monoisotopic (exact) mass is 301 g/mol. The lowest BCUT2D eigenvalue weighted by molar-refractivity contribution is -0.131. The predicted octanol–water partition coefficient (Wildman–Crippen LogP) is 2.90. The molecule has 0 radical (unpaired) electrons. The Kier molecular flexibility index (Phi) is 5.24. The van der Waals surface area contributed by atoms with Gasteiger partial charge in [-0.2, -0.15) is 0 Å². The molecular formula is C18H27N3O. The van der Waals surface area contributed by atoms with E-state index in [0.717, 1.165) is 24.8 Å². The molecule has 1 aromatic carbocycles. The number of hydrogen-bond donors (Lipinski definition) is 3. The molecule has 4 heteroatoms. The Morgan fingerprint density at radius 3 is 2.68 bits per heavy atom. The summed E-state index contributed by atoms with van der Waals surface area (Å²) in [5.74, 6) is 0.0802. The fourth-order valence-corrected chi connectivity index (χ4v) is 3.10. The van der Waals surface area contributed by atoms with E-state index in [1.165, 1.54) is 16.5 Å². The topological polar surface area (TPSA) is 70.9 Å². The molecule has 0 atom stereocenters. The molecule has 0 aliphatic carbocycles. The molecule has 22 heavy (non-hydrogen) atoms. The molecule has 1 heterocycles. The normalized spacial score (nSPS) is 11.8. The van der Waals surface area contributed by atoms with E-state index in [1.807, 2.05) is 20.0 Å². The summed E-state index contributed by atoms with van der Waals surface area (Å²) >= 11 is 0. The number of aryl methyl sites for hydroxylation is 1. The molecule has 1 amide bonds. The van der Waals surface area contributed by atoms with E-state index in [2.05, 4.69) is 35.4 Å². The van der Waals surface area contributed by atoms with Crippen LogP contribution in [0.4, 0.5) is 0 Å². The highest BCUT2D eigenvalue weighted by Gasteiger charge is 2.32. The van der Waals surface area contributed by atoms with Crippen LogP contribution in [-0.2, 0) is 11.2 Å². The Hall–Kier alpha value is -1.81. The molecule has 4 nitrogen and oxygen atoms in total. The van der Waals surface area contributed by atoms with Crippen molar-refractivity contribution < 1.29 is 4.79 Å². The second kappa shape index (κ2) is 6.97. The maximum atomic E-state index is 12.4. The highest BCUT2D eigenvalue weighted by atomic mass is 16.2. The zero-order chi connectivity index (χ0) is 16.2. The number of aromatic nitrogens is 1. The average Bonchev–Trinajstić information content (AvgIpc) is 2.94. The van der Waals surface area contributed by atoms with Crippen LogP contribution in [0.3, 0.4) is 0 Å². The summed E-state index contributed by atoms with van der Waals surface area (Å²) in [6.07, 6.45) is 4.42. The lowest BCUT2D eigenvalue weighted by atomic mass is 9.81. The van der Waals surface area contributed by atoms with Crippen molar-refractivity contribution >= 4 is 16.8 Å². The average molecular weight is 301 g/mol. The van der Waals surface area contributed by atoms with Gasteiger partial charge in [0.25, 0.3) is 0 Å². The summed E-state index contributed by atoms with van der Waals surface area (Å²) in [4.78, 5) is 15.7. The molecule has 120 valence electrons. The molecule has 0 fully saturated rings. The lowest BCUT2D eigenvalue weighted by Gasteiger charge is -2.28. The van der Waals surface area contributed by atoms with Crippen LogP contribution in [0.15, 0.2) is 24.4 Å². The van der Waals surface area contributed by atoms with Gasteiger partial charge >= 0.3 is 0 Å². The maximum absolute atomic E-state index is 12.4. The Morgan fingerprint density at radius 2 is 2.05 bits per heavy atom. The van der Waals surface area contributed by atoms with Crippen LogP contribution in [0.1, 0.15) is 37.8 Å². The highest BCUT2D eigenvalue weighted by molar-refractivity contribution is 5.86. The van der Waals surface area contributed by atoms with Gasteiger partial charge in [-0.05, 0) is 43.4 Å². The quantitative estimate of drug-likeness (QED) is 0.736. The minimum atomic E-state index is -0.421. The van der Waals surface area contributed by atoms with E-state index in [1.54, 1.807) is 0 Å². The number of amides is 1. The third kappa shape index (κ3) is 3.02. The smallest absolute Gasteiger partial charge is 0.227 e. The van der Waals surface area contributed by atoms with Crippen LogP contribution < -0.4 is 11.1 Å². The summed E-state index contributed by atoms with van der Waals surface area (Å²) in [6, 6.07) is 6.25. The molecule has 0 unspecified atom stereocenters. The highest BCUT2D eigenvalue weighted by Crippen LogP contribution is 2.25. The first kappa shape index (κ1) is 16.6. The van der Waals surface area contributed by atoms with Crippen LogP contribution in [0, 0.1) is 12.3 Å². The summed E-state index contributed by atoms with van der Waals surface area (Å²) in [7, 11) is 0. The molecule has 0 spiro atoms. The van der Waals surface area contributed by atoms with Gasteiger partial charge in [-0.1, -0.05) is 26.0 Å². The number of rotatable bonds is 7. The molecule has 0 aliphatic heterocycles. The molecule has 0 aliphatic rings. The standard InChI is InChI=1S/C18H27N3O/c1-4-18(5-2,12-19)17(22)20-10-9-14-11-21-15-8-6-7-13(3)16(14)15/h6-8,11,21H,4-5,9-10,12,19H2,1-3H3,(H,20,22). The predicted molar refractivity (Wildman–Crippen MR) is 91.8 cm³/mol. The number of H-pyrrole nitrogens is 1. The second-order valence-corrected chi connectivity index (χ2v) is 6.01. The minimum absolute atomic E-state index is 0.0802. The van der Waals surface area contributed by atoms with E-state index in [0.29, 0.717) is 13.1 Å². The van der Waals surface area contributed by atoms with Gasteiger partial charge in [0, 0.05) is 30.2 Å². The molecule has 0 bridgehead atoms. The number of benzene rings is 1. The van der Waals surface area contributed by atoms with Crippen molar-refractivity contribution in [2.75, 3.05) is 13.1 Å². The minimum Gasteiger partial charge on any atom is -0.361 e. The summed E-state index contributed by atoms with van der Waals surface area (Å²) in [5.41, 5.74) is 9.07. The van der Waals surface area contributed by atoms with E-state index in [4.69, 9.17) is 5.73 Å². The second-order valence-electron chi connectivity index (χ2n) is 6.01. The fourth-order valence-electron chi connectivity index (χ4n) is 3.10. The molecule has 4 N–H and O–H groups in total. The van der Waals surface area contributed by atoms with Gasteiger partial charge in [-0.25, -0.2) is 0 Å². The zero-order valence-corrected chi connectivity index (χ0v) is 13.8. The Balaban J connectivity index is 2.03. The van der Waals surface area contributed by atoms with Crippen LogP contribution in [0.25, 0.3) is 10.9 Å². The van der Waals surface area contributed by atoms with Crippen molar-refractivity contribution in [2.45, 2.75) is 40.0 Å². The van der Waals surface area contributed by atoms with Crippen LogP contribution >= 0.6 is 0 Å². The summed E-state index contributed by atoms with van der Waals surface area (Å²) in [5, 5.41) is 4.34. The molecule has 2 rings (SSSR count). The fraction of sp³-hybridized carbons (Fsp3) is 0.500. The number of aromatic amines is 1. The van der Waals surface area contributed by atoms with Gasteiger partial charge in [0.05, 0.1) is 5.41 Å². The number of hydrogen-bond acceptors (Lipinski definition) is 2. The van der Waals surface area contributed by atoms with Crippen molar-refractivity contribution in [1.29, 1.82) is 0 Å². The van der Waals surface area contributed by atoms with Gasteiger partial charge in [-0.15, -0.1) is 0 Å². The van der Waals surface area contributed by atoms with Crippen molar-refractivity contribution in [3.05, 3.63) is 35.5 Å². The van der Waals surface area contributed by atoms with Crippen LogP contribution in [0.2, 0.25) is 0 Å². The summed E-state index contributed by atoms with van der Waals surface area (Å²) < 4.78 is 0. The SMILES string of the molecule is CCC(CC)(CN)C(=O)NCCc1c[nH]c2cccc(C)c12. The third-order valence-electron chi connectivity index (χ3n) is 4.90. The van der Waals surface area contributed by atoms with E-state index in [9.17, 15) is 4.79 Å². The van der Waals surface area contributed by atoms with Crippen molar-refractivity contribution in [1.82, 2.24) is 10.3 Å². The molecular weight excluding hydrogens is 274 g/mol. The number of nitrogens with one attached hydrogen (secondary N) is 2. The molecule has 0 saturated heterocycles. The molecule has 0 saturated carbocycles. The van der Waals surface area contributed by atoms with Crippen molar-refractivity contribution in [3.63, 3.8) is 0 Å². The number of nitrogens with two attached hydrogens (primary N) is 1. The first-order valence-electron chi connectivity index (χ1n) is 8.12. The van der Waals surface area contributed by atoms with Gasteiger partial charge in [0.1, 0.15) is 0 Å². The first-order valence-corrected chi connectivity index (χ1v) is 8.12. The Bertz CT molecular complexity index is 633. The molecule has 2 aromatic rings. The Labute approximate surface area is 132 Å². The van der Waals surface area contributed by atoms with Crippen LogP contribution in [-0.4, -0.2) is 24.0 Å². The van der Waals surface area contributed by atoms with Gasteiger partial charge in [0.15, 0.2) is 0 Å². The number of carbonyl (C=O) groups excluding carboxylic acids is 1. The van der Waals surface area contributed by atoms with Crippen molar-refractivity contribution in [3.8, 4) is 0 Å². The van der Waals surface area contributed by atoms with E-state index < -0.39 is 5.41 Å². The maximum Gasteiger partial charge on any atom is 0.227 e. The van der Waals surface area contributed by atoms with Gasteiger partial charge in [-0.3, -0.25) is 4.79 Å². The number of fused-ring (bicyclic) bond motifs is 1. The lowest BCUT2D eigenvalue weighted by Crippen LogP contribution is -2.45.